The molecule has 0 heterocycles. The number of hydrogen-bond acceptors (Lipinski definition) is 8. The lowest BCUT2D eigenvalue weighted by molar-refractivity contribution is 0.449. The van der Waals surface area contributed by atoms with E-state index in [4.69, 9.17) is 15.0 Å². The molecule has 5 atom stereocenters. The fourth-order valence-corrected chi connectivity index (χ4v) is 17.3. The summed E-state index contributed by atoms with van der Waals surface area (Å²) in [5.41, 5.74) is 27.7. The van der Waals surface area contributed by atoms with Crippen molar-refractivity contribution in [1.82, 2.24) is 5.32 Å². The number of aliphatic imine (C=N–C) groups is 3. The maximum Gasteiger partial charge on any atom is 0.128 e. The molecule has 12 aliphatic rings. The normalized spacial score (nSPS) is 14.5. The van der Waals surface area contributed by atoms with Gasteiger partial charge in [-0.05, 0) is 241 Å². The molecule has 27 rings (SSSR count). The van der Waals surface area contributed by atoms with Gasteiger partial charge in [-0.3, -0.25) is 20.3 Å². The molecule has 0 saturated heterocycles. The van der Waals surface area contributed by atoms with Gasteiger partial charge in [-0.1, -0.05) is 334 Å². The molecule has 8 heteroatoms. The van der Waals surface area contributed by atoms with E-state index >= 15 is 0 Å². The fourth-order valence-electron chi connectivity index (χ4n) is 17.3. The molecule has 5 N–H and O–H groups in total. The molecule has 0 aliphatic heterocycles. The molecule has 600 valence electrons. The minimum atomic E-state index is -0.174. The first-order valence-corrected chi connectivity index (χ1v) is 42.8. The number of hydrogen-bond donors (Lipinski definition) is 5. The lowest BCUT2D eigenvalue weighted by Crippen LogP contribution is -2.26. The summed E-state index contributed by atoms with van der Waals surface area (Å²) in [7, 11) is 0. The molecule has 12 bridgehead atoms. The first-order valence-electron chi connectivity index (χ1n) is 42.8. The van der Waals surface area contributed by atoms with E-state index in [9.17, 15) is 20.4 Å². The third kappa shape index (κ3) is 19.9. The molecule has 12 aliphatic carbocycles. The van der Waals surface area contributed by atoms with Crippen LogP contribution in [0, 0.1) is 0 Å². The van der Waals surface area contributed by atoms with Crippen LogP contribution < -0.4 is 5.32 Å². The molecule has 0 saturated carbocycles. The SMILES string of the molecule is CC(=N[C@@H](C)c1ccccc1)c1c2ccc(c1O)CCc1ccc(cc1)CC2.CC(=N[C@@H](C)c1ccccc1)c1c2ccc(c1O)CCc1ccc(cc1)CC2.C[C@H](N=C(c1ccccc1)c1c2ccc(c1O)CCc1ccc(cc1)CC2)c1ccccc1.C[C@H](NC(c1cccc2ccccc12)c1c(O)ccc2ccccc12)c1ccccc1. The van der Waals surface area contributed by atoms with Crippen molar-refractivity contribution in [3.8, 4) is 23.0 Å². The van der Waals surface area contributed by atoms with Crippen molar-refractivity contribution in [2.24, 2.45) is 15.0 Å². The van der Waals surface area contributed by atoms with Crippen LogP contribution >= 0.6 is 0 Å². The molecule has 120 heavy (non-hydrogen) atoms. The Labute approximate surface area is 708 Å². The van der Waals surface area contributed by atoms with Gasteiger partial charge in [-0.25, -0.2) is 0 Å². The first kappa shape index (κ1) is 82.1. The van der Waals surface area contributed by atoms with E-state index in [1.807, 2.05) is 105 Å². The van der Waals surface area contributed by atoms with Crippen molar-refractivity contribution in [3.05, 3.63) is 462 Å². The molecule has 15 aromatic rings. The van der Waals surface area contributed by atoms with E-state index in [2.05, 4.69) is 282 Å². The molecular formula is C112H108N4O4. The molecule has 0 radical (unpaired) electrons. The van der Waals surface area contributed by atoms with Gasteiger partial charge < -0.3 is 20.4 Å². The fraction of sp³-hybridized carbons (Fsp3) is 0.205. The Bertz CT molecular complexity index is 5890. The predicted molar refractivity (Wildman–Crippen MR) is 499 cm³/mol. The Morgan fingerprint density at radius 2 is 0.583 bits per heavy atom. The topological polar surface area (TPSA) is 130 Å². The second kappa shape index (κ2) is 39.0. The molecule has 15 aromatic carbocycles. The molecular weight excluding hydrogens is 1470 g/mol. The van der Waals surface area contributed by atoms with Gasteiger partial charge >= 0.3 is 0 Å². The van der Waals surface area contributed by atoms with Crippen molar-refractivity contribution >= 4 is 38.7 Å². The average molecular weight is 1570 g/mol. The number of fused-ring (bicyclic) bond motifs is 2. The Balaban J connectivity index is 0.000000125. The molecule has 1 unspecified atom stereocenters. The third-order valence-electron chi connectivity index (χ3n) is 24.2. The van der Waals surface area contributed by atoms with Crippen molar-refractivity contribution in [2.45, 2.75) is 149 Å². The van der Waals surface area contributed by atoms with Crippen molar-refractivity contribution < 1.29 is 20.4 Å². The smallest absolute Gasteiger partial charge is 0.128 e. The van der Waals surface area contributed by atoms with Crippen molar-refractivity contribution in [1.29, 1.82) is 0 Å². The second-order valence-corrected chi connectivity index (χ2v) is 32.3. The van der Waals surface area contributed by atoms with Crippen LogP contribution in [0.25, 0.3) is 21.5 Å². The summed E-state index contributed by atoms with van der Waals surface area (Å²) >= 11 is 0. The van der Waals surface area contributed by atoms with E-state index in [-0.39, 0.29) is 30.2 Å². The lowest BCUT2D eigenvalue weighted by atomic mass is 9.88. The highest BCUT2D eigenvalue weighted by atomic mass is 16.3. The Morgan fingerprint density at radius 3 is 0.992 bits per heavy atom. The van der Waals surface area contributed by atoms with Crippen LogP contribution in [-0.2, 0) is 77.0 Å². The number of phenolic OH excluding ortho intramolecular Hbond substituents is 4. The van der Waals surface area contributed by atoms with Gasteiger partial charge in [-0.15, -0.1) is 0 Å². The highest BCUT2D eigenvalue weighted by Crippen LogP contribution is 2.42. The third-order valence-corrected chi connectivity index (χ3v) is 24.2. The maximum atomic E-state index is 11.6. The van der Waals surface area contributed by atoms with Crippen molar-refractivity contribution in [3.63, 3.8) is 0 Å². The van der Waals surface area contributed by atoms with Gasteiger partial charge in [0.05, 0.1) is 29.9 Å². The predicted octanol–water partition coefficient (Wildman–Crippen LogP) is 25.7. The summed E-state index contributed by atoms with van der Waals surface area (Å²) in [5, 5.41) is 53.2. The van der Waals surface area contributed by atoms with Crippen molar-refractivity contribution in [2.75, 3.05) is 0 Å². The maximum absolute atomic E-state index is 11.6. The van der Waals surface area contributed by atoms with Gasteiger partial charge in [-0.2, -0.15) is 0 Å². The van der Waals surface area contributed by atoms with Gasteiger partial charge in [0.1, 0.15) is 23.0 Å². The summed E-state index contributed by atoms with van der Waals surface area (Å²) in [4.78, 5) is 15.1. The summed E-state index contributed by atoms with van der Waals surface area (Å²) in [6.07, 6.45) is 10.8. The zero-order chi connectivity index (χ0) is 82.9. The monoisotopic (exact) mass is 1570 g/mol. The minimum absolute atomic E-state index is 0.0250. The van der Waals surface area contributed by atoms with Crippen LogP contribution in [0.4, 0.5) is 0 Å². The van der Waals surface area contributed by atoms with E-state index < -0.39 is 0 Å². The van der Waals surface area contributed by atoms with Crippen LogP contribution in [0.15, 0.2) is 355 Å². The summed E-state index contributed by atoms with van der Waals surface area (Å²) in [6, 6.07) is 118. The zero-order valence-corrected chi connectivity index (χ0v) is 69.8. The van der Waals surface area contributed by atoms with Gasteiger partial charge in [0.25, 0.3) is 0 Å². The van der Waals surface area contributed by atoms with Crippen LogP contribution in [0.2, 0.25) is 0 Å². The molecule has 0 amide bonds. The summed E-state index contributed by atoms with van der Waals surface area (Å²) in [5.74, 6) is 1.51. The number of rotatable bonds is 15. The standard InChI is InChI=1S/C31H29NO.C29H25NO.2C26H27NO/c1-22(25-8-4-2-5-9-25)32-30(27-10-6-3-7-11-27)29-26-18-16-23-12-14-24(15-13-23)17-19-28(21-20-26)31(29)33;1-20(21-10-3-2-4-11-21)30-29(26-17-9-14-22-12-5-7-15-24(22)26)28-25-16-8-6-13-23(25)18-19-27(28)31;2*1-18(22-6-4-3-5-7-22)27-19(2)25-23-14-12-20-8-10-21(11-9-20)13-15-24(17-16-23)26(25)28/h2-15,20-22,33H,16-19H2,1H3;2-20,29-31H,1H3;2*3-11,16-18,28H,12-15H2,1-2H3/t22-;20-,29?;2*18-/m0000/s1. The van der Waals surface area contributed by atoms with Crippen LogP contribution in [0.3, 0.4) is 0 Å². The van der Waals surface area contributed by atoms with E-state index in [1.165, 1.54) is 72.0 Å². The van der Waals surface area contributed by atoms with Gasteiger partial charge in [0.15, 0.2) is 0 Å². The van der Waals surface area contributed by atoms with Gasteiger partial charge in [0, 0.05) is 45.3 Å². The van der Waals surface area contributed by atoms with Gasteiger partial charge in [0.2, 0.25) is 0 Å². The number of phenols is 4. The average Bonchev–Trinajstić information content (AvgIpc) is 0.759. The molecule has 0 spiro atoms. The number of benzene rings is 15. The van der Waals surface area contributed by atoms with E-state index in [0.717, 1.165) is 166 Å². The lowest BCUT2D eigenvalue weighted by Gasteiger charge is -2.27. The Hall–Kier alpha value is -13.0. The number of nitrogens with zero attached hydrogens (tertiary/aromatic N) is 3. The van der Waals surface area contributed by atoms with Crippen LogP contribution in [0.5, 0.6) is 23.0 Å². The highest BCUT2D eigenvalue weighted by molar-refractivity contribution is 6.15. The Kier molecular flexibility index (Phi) is 26.7. The summed E-state index contributed by atoms with van der Waals surface area (Å²) < 4.78 is 0. The second-order valence-electron chi connectivity index (χ2n) is 32.3. The molecule has 0 aromatic heterocycles. The summed E-state index contributed by atoms with van der Waals surface area (Å²) in [6.45, 7) is 12.6. The largest absolute Gasteiger partial charge is 0.508 e. The van der Waals surface area contributed by atoms with E-state index in [0.29, 0.717) is 23.0 Å². The Morgan fingerprint density at radius 1 is 0.275 bits per heavy atom. The van der Waals surface area contributed by atoms with E-state index in [1.54, 1.807) is 0 Å². The number of aromatic hydroxyl groups is 4. The number of aryl methyl sites for hydroxylation is 12. The minimum Gasteiger partial charge on any atom is -0.508 e. The quantitative estimate of drug-likeness (QED) is 0.0653. The number of nitrogens with one attached hydrogen (secondary N) is 1. The first-order chi connectivity index (χ1) is 58.6. The zero-order valence-electron chi connectivity index (χ0n) is 69.8. The van der Waals surface area contributed by atoms with Crippen LogP contribution in [-0.4, -0.2) is 37.6 Å². The molecule has 0 fully saturated rings. The highest BCUT2D eigenvalue weighted by Gasteiger charge is 2.27. The van der Waals surface area contributed by atoms with Crippen LogP contribution in [0.1, 0.15) is 194 Å². The molecule has 8 nitrogen and oxygen atoms in total.